The molecule has 3 atom stereocenters. The van der Waals surface area contributed by atoms with Crippen molar-refractivity contribution in [1.29, 1.82) is 0 Å². The van der Waals surface area contributed by atoms with E-state index in [1.807, 2.05) is 19.1 Å². The summed E-state index contributed by atoms with van der Waals surface area (Å²) in [6.45, 7) is 3.95. The molecule has 0 amide bonds. The lowest BCUT2D eigenvalue weighted by Crippen LogP contribution is -2.29. The van der Waals surface area contributed by atoms with Crippen molar-refractivity contribution >= 4 is 10.8 Å². The monoisotopic (exact) mass is 253 g/mol. The van der Waals surface area contributed by atoms with E-state index in [9.17, 15) is 4.21 Å². The second-order valence-corrected chi connectivity index (χ2v) is 6.35. The van der Waals surface area contributed by atoms with Gasteiger partial charge in [0.05, 0.1) is 5.75 Å². The van der Waals surface area contributed by atoms with Crippen molar-refractivity contribution in [1.82, 2.24) is 0 Å². The summed E-state index contributed by atoms with van der Waals surface area (Å²) >= 11 is 0. The summed E-state index contributed by atoms with van der Waals surface area (Å²) in [6.07, 6.45) is 0.910. The van der Waals surface area contributed by atoms with Crippen LogP contribution in [0.25, 0.3) is 0 Å². The highest BCUT2D eigenvalue weighted by Crippen LogP contribution is 2.29. The van der Waals surface area contributed by atoms with Crippen molar-refractivity contribution in [3.63, 3.8) is 0 Å². The number of rotatable bonds is 4. The fraction of sp³-hybridized carbons (Fsp3) is 0.538. The highest BCUT2D eigenvalue weighted by atomic mass is 32.2. The van der Waals surface area contributed by atoms with Crippen LogP contribution in [0.2, 0.25) is 0 Å². The fourth-order valence-corrected chi connectivity index (χ4v) is 3.43. The van der Waals surface area contributed by atoms with Crippen molar-refractivity contribution in [2.45, 2.75) is 32.4 Å². The van der Waals surface area contributed by atoms with Gasteiger partial charge in [-0.05, 0) is 25.5 Å². The molecule has 2 rings (SSSR count). The maximum atomic E-state index is 11.8. The Balaban J connectivity index is 1.94. The molecule has 1 aliphatic heterocycles. The molecule has 3 unspecified atom stereocenters. The predicted octanol–water partition coefficient (Wildman–Crippen LogP) is 1.39. The quantitative estimate of drug-likeness (QED) is 0.882. The Morgan fingerprint density at radius 3 is 3.06 bits per heavy atom. The lowest BCUT2D eigenvalue weighted by atomic mass is 10.1. The summed E-state index contributed by atoms with van der Waals surface area (Å²) in [5, 5.41) is 0. The van der Waals surface area contributed by atoms with Crippen LogP contribution < -0.4 is 10.5 Å². The minimum Gasteiger partial charge on any atom is -0.489 e. The van der Waals surface area contributed by atoms with E-state index in [4.69, 9.17) is 10.5 Å². The van der Waals surface area contributed by atoms with Gasteiger partial charge in [-0.3, -0.25) is 4.21 Å². The molecule has 0 radical (unpaired) electrons. The zero-order chi connectivity index (χ0) is 12.4. The van der Waals surface area contributed by atoms with Gasteiger partial charge in [0.1, 0.15) is 11.9 Å². The first-order valence-electron chi connectivity index (χ1n) is 5.91. The zero-order valence-corrected chi connectivity index (χ0v) is 11.1. The highest BCUT2D eigenvalue weighted by molar-refractivity contribution is 7.85. The minimum absolute atomic E-state index is 0.0122. The molecule has 4 heteroatoms. The first-order valence-corrected chi connectivity index (χ1v) is 7.40. The van der Waals surface area contributed by atoms with E-state index in [2.05, 4.69) is 13.0 Å². The van der Waals surface area contributed by atoms with Crippen LogP contribution in [0.4, 0.5) is 0 Å². The van der Waals surface area contributed by atoms with Crippen LogP contribution in [0, 0.1) is 6.92 Å². The first-order chi connectivity index (χ1) is 8.04. The van der Waals surface area contributed by atoms with E-state index < -0.39 is 10.8 Å². The second-order valence-electron chi connectivity index (χ2n) is 4.81. The van der Waals surface area contributed by atoms with Gasteiger partial charge in [0.2, 0.25) is 0 Å². The Kier molecular flexibility index (Phi) is 3.84. The molecule has 0 spiro atoms. The van der Waals surface area contributed by atoms with E-state index in [0.29, 0.717) is 11.5 Å². The van der Waals surface area contributed by atoms with E-state index in [-0.39, 0.29) is 12.1 Å². The molecule has 1 aromatic carbocycles. The van der Waals surface area contributed by atoms with Gasteiger partial charge in [-0.25, -0.2) is 0 Å². The molecule has 0 aromatic heterocycles. The van der Waals surface area contributed by atoms with Gasteiger partial charge >= 0.3 is 0 Å². The Morgan fingerprint density at radius 2 is 2.35 bits per heavy atom. The van der Waals surface area contributed by atoms with Gasteiger partial charge in [0.15, 0.2) is 0 Å². The summed E-state index contributed by atoms with van der Waals surface area (Å²) in [7, 11) is -0.884. The van der Waals surface area contributed by atoms with Gasteiger partial charge in [-0.2, -0.15) is 0 Å². The van der Waals surface area contributed by atoms with Crippen LogP contribution >= 0.6 is 0 Å². The highest BCUT2D eigenvalue weighted by Gasteiger charge is 2.24. The molecule has 94 valence electrons. The normalized spacial score (nSPS) is 21.7. The van der Waals surface area contributed by atoms with Crippen molar-refractivity contribution in [2.24, 2.45) is 5.73 Å². The third-order valence-corrected chi connectivity index (χ3v) is 4.42. The number of fused-ring (bicyclic) bond motifs is 1. The van der Waals surface area contributed by atoms with E-state index >= 15 is 0 Å². The van der Waals surface area contributed by atoms with Gasteiger partial charge in [0, 0.05) is 29.0 Å². The Labute approximate surface area is 105 Å². The SMILES string of the molecule is Cc1ccc2c(c1)CC(CS(=O)CC(C)N)O2. The van der Waals surface area contributed by atoms with Crippen LogP contribution in [0.3, 0.4) is 0 Å². The van der Waals surface area contributed by atoms with Crippen molar-refractivity contribution in [3.05, 3.63) is 29.3 Å². The summed E-state index contributed by atoms with van der Waals surface area (Å²) in [5.41, 5.74) is 8.11. The van der Waals surface area contributed by atoms with Crippen LogP contribution in [0.1, 0.15) is 18.1 Å². The second kappa shape index (κ2) is 5.19. The molecule has 17 heavy (non-hydrogen) atoms. The summed E-state index contributed by atoms with van der Waals surface area (Å²) in [6, 6.07) is 6.17. The Bertz CT molecular complexity index is 431. The number of nitrogens with two attached hydrogens (primary N) is 1. The first kappa shape index (κ1) is 12.6. The molecule has 0 fully saturated rings. The molecular formula is C13H19NO2S. The standard InChI is InChI=1S/C13H19NO2S/c1-9-3-4-13-11(5-9)6-12(16-13)8-17(15)7-10(2)14/h3-5,10,12H,6-8,14H2,1-2H3. The largest absolute Gasteiger partial charge is 0.489 e. The predicted molar refractivity (Wildman–Crippen MR) is 70.8 cm³/mol. The van der Waals surface area contributed by atoms with Gasteiger partial charge in [-0.1, -0.05) is 17.7 Å². The molecule has 0 saturated carbocycles. The lowest BCUT2D eigenvalue weighted by Gasteiger charge is -2.11. The Hall–Kier alpha value is -0.870. The summed E-state index contributed by atoms with van der Waals surface area (Å²) in [4.78, 5) is 0. The zero-order valence-electron chi connectivity index (χ0n) is 10.3. The molecule has 0 aliphatic carbocycles. The lowest BCUT2D eigenvalue weighted by molar-refractivity contribution is 0.258. The van der Waals surface area contributed by atoms with Gasteiger partial charge in [-0.15, -0.1) is 0 Å². The molecular weight excluding hydrogens is 234 g/mol. The fourth-order valence-electron chi connectivity index (χ4n) is 2.11. The smallest absolute Gasteiger partial charge is 0.123 e. The van der Waals surface area contributed by atoms with Crippen LogP contribution in [-0.2, 0) is 17.2 Å². The Morgan fingerprint density at radius 1 is 1.59 bits per heavy atom. The van der Waals surface area contributed by atoms with Gasteiger partial charge < -0.3 is 10.5 Å². The molecule has 1 aliphatic rings. The maximum absolute atomic E-state index is 11.8. The average Bonchev–Trinajstić information content (AvgIpc) is 2.57. The van der Waals surface area contributed by atoms with Crippen molar-refractivity contribution in [3.8, 4) is 5.75 Å². The van der Waals surface area contributed by atoms with E-state index in [1.54, 1.807) is 0 Å². The minimum atomic E-state index is -0.884. The number of hydrogen-bond donors (Lipinski definition) is 1. The third kappa shape index (κ3) is 3.30. The van der Waals surface area contributed by atoms with Crippen LogP contribution in [0.5, 0.6) is 5.75 Å². The maximum Gasteiger partial charge on any atom is 0.123 e. The number of aryl methyl sites for hydroxylation is 1. The van der Waals surface area contributed by atoms with Crippen LogP contribution in [-0.4, -0.2) is 27.9 Å². The average molecular weight is 253 g/mol. The van der Waals surface area contributed by atoms with Crippen molar-refractivity contribution in [2.75, 3.05) is 11.5 Å². The molecule has 1 heterocycles. The molecule has 1 aromatic rings. The topological polar surface area (TPSA) is 52.3 Å². The third-order valence-electron chi connectivity index (χ3n) is 2.78. The van der Waals surface area contributed by atoms with E-state index in [0.717, 1.165) is 12.2 Å². The number of ether oxygens (including phenoxy) is 1. The van der Waals surface area contributed by atoms with Crippen molar-refractivity contribution < 1.29 is 8.95 Å². The molecule has 2 N–H and O–H groups in total. The number of benzene rings is 1. The molecule has 0 bridgehead atoms. The van der Waals surface area contributed by atoms with Crippen LogP contribution in [0.15, 0.2) is 18.2 Å². The van der Waals surface area contributed by atoms with Gasteiger partial charge in [0.25, 0.3) is 0 Å². The molecule has 0 saturated heterocycles. The molecule has 3 nitrogen and oxygen atoms in total. The number of hydrogen-bond acceptors (Lipinski definition) is 3. The summed E-state index contributed by atoms with van der Waals surface area (Å²) in [5.74, 6) is 2.07. The summed E-state index contributed by atoms with van der Waals surface area (Å²) < 4.78 is 17.6. The van der Waals surface area contributed by atoms with E-state index in [1.165, 1.54) is 11.1 Å².